The van der Waals surface area contributed by atoms with E-state index in [0.29, 0.717) is 6.04 Å². The van der Waals surface area contributed by atoms with Gasteiger partial charge >= 0.3 is 0 Å². The van der Waals surface area contributed by atoms with Gasteiger partial charge in [-0.1, -0.05) is 48.0 Å². The maximum atomic E-state index is 3.70. The quantitative estimate of drug-likeness (QED) is 0.829. The number of benzene rings is 1. The van der Waals surface area contributed by atoms with Crippen LogP contribution in [0.25, 0.3) is 0 Å². The van der Waals surface area contributed by atoms with E-state index in [2.05, 4.69) is 63.8 Å². The Balaban J connectivity index is 1.77. The van der Waals surface area contributed by atoms with Crippen LogP contribution in [-0.2, 0) is 6.54 Å². The molecule has 110 valence electrons. The summed E-state index contributed by atoms with van der Waals surface area (Å²) in [6.45, 7) is 9.63. The van der Waals surface area contributed by atoms with Gasteiger partial charge in [-0.2, -0.15) is 0 Å². The zero-order valence-electron chi connectivity index (χ0n) is 12.6. The van der Waals surface area contributed by atoms with Gasteiger partial charge in [0, 0.05) is 36.2 Å². The van der Waals surface area contributed by atoms with E-state index < -0.39 is 0 Å². The Morgan fingerprint density at radius 3 is 2.80 bits per heavy atom. The minimum absolute atomic E-state index is 0.691. The smallest absolute Gasteiger partial charge is 0.0250 e. The molecule has 2 fully saturated rings. The van der Waals surface area contributed by atoms with Crippen LogP contribution in [0.4, 0.5) is 0 Å². The molecule has 2 saturated heterocycles. The molecule has 1 aromatic carbocycles. The van der Waals surface area contributed by atoms with Crippen LogP contribution in [0.2, 0.25) is 0 Å². The summed E-state index contributed by atoms with van der Waals surface area (Å²) in [5, 5.41) is 0. The van der Waals surface area contributed by atoms with Crippen molar-refractivity contribution in [3.05, 3.63) is 34.3 Å². The van der Waals surface area contributed by atoms with Crippen LogP contribution in [0, 0.1) is 5.92 Å². The van der Waals surface area contributed by atoms with E-state index in [1.165, 1.54) is 42.5 Å². The topological polar surface area (TPSA) is 6.48 Å². The molecule has 0 bridgehead atoms. The first-order valence-corrected chi connectivity index (χ1v) is 8.66. The lowest BCUT2D eigenvalue weighted by atomic mass is 9.96. The molecule has 0 aliphatic carbocycles. The average Bonchev–Trinajstić information content (AvgIpc) is 2.87. The Morgan fingerprint density at radius 2 is 2.05 bits per heavy atom. The molecule has 3 heteroatoms. The van der Waals surface area contributed by atoms with Crippen LogP contribution >= 0.6 is 15.9 Å². The first kappa shape index (κ1) is 14.6. The molecule has 0 amide bonds. The van der Waals surface area contributed by atoms with Crippen molar-refractivity contribution >= 4 is 15.9 Å². The van der Waals surface area contributed by atoms with Gasteiger partial charge in [0.25, 0.3) is 0 Å². The Bertz CT molecular complexity index is 460. The minimum Gasteiger partial charge on any atom is -0.298 e. The summed E-state index contributed by atoms with van der Waals surface area (Å²) in [5.41, 5.74) is 1.42. The summed E-state index contributed by atoms with van der Waals surface area (Å²) in [6.07, 6.45) is 2.77. The van der Waals surface area contributed by atoms with Crippen molar-refractivity contribution in [1.82, 2.24) is 9.80 Å². The van der Waals surface area contributed by atoms with E-state index >= 15 is 0 Å². The largest absolute Gasteiger partial charge is 0.298 e. The van der Waals surface area contributed by atoms with Gasteiger partial charge in [0.05, 0.1) is 0 Å². The molecule has 2 nitrogen and oxygen atoms in total. The third-order valence-electron chi connectivity index (χ3n) is 4.94. The lowest BCUT2D eigenvalue weighted by Gasteiger charge is -2.45. The second-order valence-corrected chi connectivity index (χ2v) is 7.48. The predicted octanol–water partition coefficient (Wildman–Crippen LogP) is 3.75. The molecular weight excluding hydrogens is 312 g/mol. The number of rotatable bonds is 3. The van der Waals surface area contributed by atoms with Crippen molar-refractivity contribution in [3.63, 3.8) is 0 Å². The van der Waals surface area contributed by atoms with Crippen molar-refractivity contribution in [2.75, 3.05) is 19.6 Å². The highest BCUT2D eigenvalue weighted by molar-refractivity contribution is 9.10. The average molecular weight is 337 g/mol. The van der Waals surface area contributed by atoms with Gasteiger partial charge in [-0.25, -0.2) is 0 Å². The maximum absolute atomic E-state index is 3.70. The molecule has 0 aromatic heterocycles. The third-order valence-corrected chi connectivity index (χ3v) is 5.71. The van der Waals surface area contributed by atoms with Crippen molar-refractivity contribution in [3.8, 4) is 0 Å². The van der Waals surface area contributed by atoms with Gasteiger partial charge in [0.15, 0.2) is 0 Å². The van der Waals surface area contributed by atoms with E-state index in [9.17, 15) is 0 Å². The molecule has 2 atom stereocenters. The first-order chi connectivity index (χ1) is 9.65. The van der Waals surface area contributed by atoms with Crippen LogP contribution in [-0.4, -0.2) is 41.5 Å². The summed E-state index contributed by atoms with van der Waals surface area (Å²) in [7, 11) is 0. The summed E-state index contributed by atoms with van der Waals surface area (Å²) in [6, 6.07) is 10.1. The summed E-state index contributed by atoms with van der Waals surface area (Å²) < 4.78 is 1.25. The molecule has 0 saturated carbocycles. The molecule has 2 aliphatic rings. The number of piperazine rings is 1. The van der Waals surface area contributed by atoms with Gasteiger partial charge in [-0.05, 0) is 36.9 Å². The highest BCUT2D eigenvalue weighted by Crippen LogP contribution is 2.29. The summed E-state index contributed by atoms with van der Waals surface area (Å²) in [5.74, 6) is 0.721. The second kappa shape index (κ2) is 6.17. The zero-order chi connectivity index (χ0) is 14.1. The van der Waals surface area contributed by atoms with Gasteiger partial charge < -0.3 is 0 Å². The van der Waals surface area contributed by atoms with Gasteiger partial charge in [-0.3, -0.25) is 9.80 Å². The molecule has 0 spiro atoms. The van der Waals surface area contributed by atoms with E-state index in [1.54, 1.807) is 0 Å². The SMILES string of the molecule is CC(C)C1CN2CCCC2CN1Cc1ccccc1Br. The predicted molar refractivity (Wildman–Crippen MR) is 87.8 cm³/mol. The normalized spacial score (nSPS) is 28.0. The minimum atomic E-state index is 0.691. The molecule has 2 aliphatic heterocycles. The van der Waals surface area contributed by atoms with Crippen molar-refractivity contribution in [2.45, 2.75) is 45.3 Å². The fourth-order valence-electron chi connectivity index (χ4n) is 3.76. The van der Waals surface area contributed by atoms with Crippen LogP contribution in [0.5, 0.6) is 0 Å². The van der Waals surface area contributed by atoms with Gasteiger partial charge in [0.2, 0.25) is 0 Å². The first-order valence-electron chi connectivity index (χ1n) is 7.86. The second-order valence-electron chi connectivity index (χ2n) is 6.62. The lowest BCUT2D eigenvalue weighted by molar-refractivity contribution is 0.0238. The number of hydrogen-bond acceptors (Lipinski definition) is 2. The molecule has 2 unspecified atom stereocenters. The molecule has 1 aromatic rings. The standard InChI is InChI=1S/C17H25BrN2/c1-13(2)17-12-19-9-5-7-15(19)11-20(17)10-14-6-3-4-8-16(14)18/h3-4,6,8,13,15,17H,5,7,9-12H2,1-2H3. The molecule has 0 N–H and O–H groups in total. The van der Waals surface area contributed by atoms with Crippen LogP contribution in [0.15, 0.2) is 28.7 Å². The Hall–Kier alpha value is -0.380. The number of fused-ring (bicyclic) bond motifs is 1. The van der Waals surface area contributed by atoms with E-state index in [0.717, 1.165) is 18.5 Å². The summed E-state index contributed by atoms with van der Waals surface area (Å²) in [4.78, 5) is 5.44. The molecule has 2 heterocycles. The fraction of sp³-hybridized carbons (Fsp3) is 0.647. The lowest BCUT2D eigenvalue weighted by Crippen LogP contribution is -2.57. The monoisotopic (exact) mass is 336 g/mol. The zero-order valence-corrected chi connectivity index (χ0v) is 14.1. The molecule has 0 radical (unpaired) electrons. The molecular formula is C17H25BrN2. The molecule has 3 rings (SSSR count). The fourth-order valence-corrected chi connectivity index (χ4v) is 4.17. The number of hydrogen-bond donors (Lipinski definition) is 0. The van der Waals surface area contributed by atoms with E-state index in [4.69, 9.17) is 0 Å². The van der Waals surface area contributed by atoms with Crippen LogP contribution in [0.1, 0.15) is 32.3 Å². The van der Waals surface area contributed by atoms with E-state index in [1.807, 2.05) is 0 Å². The Morgan fingerprint density at radius 1 is 1.25 bits per heavy atom. The van der Waals surface area contributed by atoms with Gasteiger partial charge in [0.1, 0.15) is 0 Å². The highest BCUT2D eigenvalue weighted by atomic mass is 79.9. The van der Waals surface area contributed by atoms with Crippen molar-refractivity contribution < 1.29 is 0 Å². The highest BCUT2D eigenvalue weighted by Gasteiger charge is 2.37. The Kier molecular flexibility index (Phi) is 4.49. The van der Waals surface area contributed by atoms with Crippen LogP contribution < -0.4 is 0 Å². The van der Waals surface area contributed by atoms with Crippen molar-refractivity contribution in [2.24, 2.45) is 5.92 Å². The van der Waals surface area contributed by atoms with Crippen molar-refractivity contribution in [1.29, 1.82) is 0 Å². The Labute approximate surface area is 131 Å². The molecule has 20 heavy (non-hydrogen) atoms. The van der Waals surface area contributed by atoms with Gasteiger partial charge in [-0.15, -0.1) is 0 Å². The third kappa shape index (κ3) is 2.95. The number of halogens is 1. The maximum Gasteiger partial charge on any atom is 0.0250 e. The summed E-state index contributed by atoms with van der Waals surface area (Å²) >= 11 is 3.70. The van der Waals surface area contributed by atoms with E-state index in [-0.39, 0.29) is 0 Å². The number of nitrogens with zero attached hydrogens (tertiary/aromatic N) is 2. The van der Waals surface area contributed by atoms with Crippen LogP contribution in [0.3, 0.4) is 0 Å².